The van der Waals surface area contributed by atoms with E-state index in [-0.39, 0.29) is 30.6 Å². The molecule has 0 spiro atoms. The molecule has 31 heavy (non-hydrogen) atoms. The SMILES string of the molecule is O=C(CCN1CCCCC1)NCC[C@H]1CC[C@H](NC(=O)c2ccc(F)cc2)[C@H](CO)O1. The number of benzene rings is 1. The third-order valence-corrected chi connectivity index (χ3v) is 6.11. The van der Waals surface area contributed by atoms with Crippen molar-refractivity contribution in [1.29, 1.82) is 0 Å². The Kier molecular flexibility index (Phi) is 9.24. The molecular weight excluding hydrogens is 401 g/mol. The van der Waals surface area contributed by atoms with Crippen molar-refractivity contribution in [3.8, 4) is 0 Å². The van der Waals surface area contributed by atoms with Gasteiger partial charge in [0.2, 0.25) is 5.91 Å². The maximum absolute atomic E-state index is 13.0. The molecule has 2 saturated heterocycles. The molecular formula is C23H34FN3O4. The highest BCUT2D eigenvalue weighted by Gasteiger charge is 2.32. The Labute approximate surface area is 183 Å². The van der Waals surface area contributed by atoms with Crippen LogP contribution in [0.3, 0.4) is 0 Å². The van der Waals surface area contributed by atoms with E-state index in [1.807, 2.05) is 0 Å². The van der Waals surface area contributed by atoms with Crippen molar-refractivity contribution in [2.75, 3.05) is 32.8 Å². The number of nitrogens with one attached hydrogen (secondary N) is 2. The smallest absolute Gasteiger partial charge is 0.251 e. The summed E-state index contributed by atoms with van der Waals surface area (Å²) in [6.45, 7) is 3.32. The largest absolute Gasteiger partial charge is 0.394 e. The molecule has 0 unspecified atom stereocenters. The zero-order valence-corrected chi connectivity index (χ0v) is 18.0. The van der Waals surface area contributed by atoms with Gasteiger partial charge in [-0.1, -0.05) is 6.42 Å². The van der Waals surface area contributed by atoms with Gasteiger partial charge in [-0.2, -0.15) is 0 Å². The molecule has 7 nitrogen and oxygen atoms in total. The van der Waals surface area contributed by atoms with E-state index >= 15 is 0 Å². The van der Waals surface area contributed by atoms with Gasteiger partial charge in [0.1, 0.15) is 11.9 Å². The van der Waals surface area contributed by atoms with Gasteiger partial charge in [-0.25, -0.2) is 4.39 Å². The van der Waals surface area contributed by atoms with Crippen molar-refractivity contribution < 1.29 is 23.8 Å². The van der Waals surface area contributed by atoms with Crippen LogP contribution in [-0.2, 0) is 9.53 Å². The second-order valence-electron chi connectivity index (χ2n) is 8.43. The van der Waals surface area contributed by atoms with Crippen LogP contribution in [0.2, 0.25) is 0 Å². The molecule has 1 aromatic carbocycles. The minimum Gasteiger partial charge on any atom is -0.394 e. The molecule has 0 bridgehead atoms. The number of halogens is 1. The van der Waals surface area contributed by atoms with E-state index < -0.39 is 11.9 Å². The van der Waals surface area contributed by atoms with Crippen molar-refractivity contribution in [1.82, 2.24) is 15.5 Å². The first-order chi connectivity index (χ1) is 15.0. The van der Waals surface area contributed by atoms with E-state index in [0.717, 1.165) is 26.1 Å². The third-order valence-electron chi connectivity index (χ3n) is 6.11. The maximum Gasteiger partial charge on any atom is 0.251 e. The van der Waals surface area contributed by atoms with Gasteiger partial charge < -0.3 is 25.4 Å². The average Bonchev–Trinajstić information content (AvgIpc) is 2.79. The minimum atomic E-state index is -0.502. The van der Waals surface area contributed by atoms with Crippen LogP contribution in [0.4, 0.5) is 4.39 Å². The highest BCUT2D eigenvalue weighted by molar-refractivity contribution is 5.94. The minimum absolute atomic E-state index is 0.0597. The number of carbonyl (C=O) groups is 2. The number of piperidine rings is 1. The van der Waals surface area contributed by atoms with Gasteiger partial charge in [0, 0.05) is 25.1 Å². The summed E-state index contributed by atoms with van der Waals surface area (Å²) in [6, 6.07) is 5.04. The molecule has 8 heteroatoms. The van der Waals surface area contributed by atoms with Crippen LogP contribution in [0.5, 0.6) is 0 Å². The average molecular weight is 436 g/mol. The number of likely N-dealkylation sites (tertiary alicyclic amines) is 1. The molecule has 2 fully saturated rings. The molecule has 2 aliphatic rings. The Bertz CT molecular complexity index is 709. The van der Waals surface area contributed by atoms with E-state index in [1.54, 1.807) is 0 Å². The van der Waals surface area contributed by atoms with Crippen LogP contribution in [-0.4, -0.2) is 72.9 Å². The van der Waals surface area contributed by atoms with Crippen molar-refractivity contribution in [2.24, 2.45) is 0 Å². The molecule has 2 heterocycles. The van der Waals surface area contributed by atoms with Gasteiger partial charge >= 0.3 is 0 Å². The standard InChI is InChI=1S/C23H34FN3O4/c24-18-6-4-17(5-7-18)23(30)26-20-9-8-19(31-21(20)16-28)10-12-25-22(29)11-15-27-13-2-1-3-14-27/h4-7,19-21,28H,1-3,8-16H2,(H,25,29)(H,26,30)/t19-,20+,21+/m1/s1. The molecule has 3 atom stereocenters. The normalized spacial score (nSPS) is 24.5. The zero-order valence-electron chi connectivity index (χ0n) is 18.0. The van der Waals surface area contributed by atoms with Gasteiger partial charge in [0.15, 0.2) is 0 Å². The molecule has 0 radical (unpaired) electrons. The Morgan fingerprint density at radius 2 is 1.87 bits per heavy atom. The third kappa shape index (κ3) is 7.55. The summed E-state index contributed by atoms with van der Waals surface area (Å²) < 4.78 is 19.0. The van der Waals surface area contributed by atoms with E-state index in [1.165, 1.54) is 43.5 Å². The summed E-state index contributed by atoms with van der Waals surface area (Å²) in [5, 5.41) is 15.5. The number of aliphatic hydroxyl groups is 1. The number of carbonyl (C=O) groups excluding carboxylic acids is 2. The maximum atomic E-state index is 13.0. The summed E-state index contributed by atoms with van der Waals surface area (Å²) in [7, 11) is 0. The lowest BCUT2D eigenvalue weighted by Crippen LogP contribution is -2.51. The van der Waals surface area contributed by atoms with E-state index in [4.69, 9.17) is 4.74 Å². The molecule has 0 aromatic heterocycles. The molecule has 1 aromatic rings. The van der Waals surface area contributed by atoms with Crippen LogP contribution in [0.25, 0.3) is 0 Å². The number of amides is 2. The predicted octanol–water partition coefficient (Wildman–Crippen LogP) is 1.85. The molecule has 0 saturated carbocycles. The molecule has 2 amide bonds. The zero-order chi connectivity index (χ0) is 22.1. The Hall–Kier alpha value is -2.03. The van der Waals surface area contributed by atoms with Gasteiger partial charge in [0.25, 0.3) is 5.91 Å². The van der Waals surface area contributed by atoms with E-state index in [9.17, 15) is 19.1 Å². The number of hydrogen-bond donors (Lipinski definition) is 3. The van der Waals surface area contributed by atoms with Crippen LogP contribution < -0.4 is 10.6 Å². The van der Waals surface area contributed by atoms with Crippen LogP contribution in [0.1, 0.15) is 55.3 Å². The lowest BCUT2D eigenvalue weighted by molar-refractivity contribution is -0.122. The van der Waals surface area contributed by atoms with Crippen molar-refractivity contribution >= 4 is 11.8 Å². The summed E-state index contributed by atoms with van der Waals surface area (Å²) in [6.07, 6.45) is 5.75. The molecule has 3 rings (SSSR count). The number of nitrogens with zero attached hydrogens (tertiary/aromatic N) is 1. The Morgan fingerprint density at radius 3 is 2.58 bits per heavy atom. The van der Waals surface area contributed by atoms with Crippen LogP contribution >= 0.6 is 0 Å². The first kappa shape index (κ1) is 23.6. The van der Waals surface area contributed by atoms with Gasteiger partial charge in [0.05, 0.1) is 18.8 Å². The highest BCUT2D eigenvalue weighted by atomic mass is 19.1. The number of rotatable bonds is 9. The number of aliphatic hydroxyl groups excluding tert-OH is 1. The predicted molar refractivity (Wildman–Crippen MR) is 115 cm³/mol. The highest BCUT2D eigenvalue weighted by Crippen LogP contribution is 2.22. The van der Waals surface area contributed by atoms with Crippen LogP contribution in [0, 0.1) is 5.82 Å². The fraction of sp³-hybridized carbons (Fsp3) is 0.652. The van der Waals surface area contributed by atoms with Gasteiger partial charge in [-0.05, 0) is 69.5 Å². The van der Waals surface area contributed by atoms with Crippen molar-refractivity contribution in [3.63, 3.8) is 0 Å². The number of hydrogen-bond acceptors (Lipinski definition) is 5. The molecule has 172 valence electrons. The summed E-state index contributed by atoms with van der Waals surface area (Å²) in [4.78, 5) is 26.8. The number of ether oxygens (including phenoxy) is 1. The van der Waals surface area contributed by atoms with Crippen molar-refractivity contribution in [2.45, 2.75) is 63.2 Å². The monoisotopic (exact) mass is 435 g/mol. The fourth-order valence-electron chi connectivity index (χ4n) is 4.27. The first-order valence-corrected chi connectivity index (χ1v) is 11.4. The quantitative estimate of drug-likeness (QED) is 0.551. The first-order valence-electron chi connectivity index (χ1n) is 11.4. The lowest BCUT2D eigenvalue weighted by Gasteiger charge is -2.36. The van der Waals surface area contributed by atoms with Gasteiger partial charge in [-0.3, -0.25) is 9.59 Å². The molecule has 2 aliphatic heterocycles. The van der Waals surface area contributed by atoms with E-state index in [2.05, 4.69) is 15.5 Å². The second-order valence-corrected chi connectivity index (χ2v) is 8.43. The molecule has 0 aliphatic carbocycles. The topological polar surface area (TPSA) is 90.9 Å². The van der Waals surface area contributed by atoms with Crippen molar-refractivity contribution in [3.05, 3.63) is 35.6 Å². The molecule has 3 N–H and O–H groups in total. The van der Waals surface area contributed by atoms with Crippen LogP contribution in [0.15, 0.2) is 24.3 Å². The summed E-state index contributed by atoms with van der Waals surface area (Å²) in [5.74, 6) is -0.650. The van der Waals surface area contributed by atoms with E-state index in [0.29, 0.717) is 31.4 Å². The Balaban J connectivity index is 1.35. The van der Waals surface area contributed by atoms with Gasteiger partial charge in [-0.15, -0.1) is 0 Å². The Morgan fingerprint density at radius 1 is 1.13 bits per heavy atom. The fourth-order valence-corrected chi connectivity index (χ4v) is 4.27. The summed E-state index contributed by atoms with van der Waals surface area (Å²) in [5.41, 5.74) is 0.368. The lowest BCUT2D eigenvalue weighted by atomic mass is 9.96. The second kappa shape index (κ2) is 12.1. The summed E-state index contributed by atoms with van der Waals surface area (Å²) >= 11 is 0.